The van der Waals surface area contributed by atoms with Crippen molar-refractivity contribution < 1.29 is 9.13 Å². The summed E-state index contributed by atoms with van der Waals surface area (Å²) in [4.78, 5) is 3.51. The molecule has 0 spiro atoms. The number of halogens is 1. The van der Waals surface area contributed by atoms with E-state index in [0.717, 1.165) is 12.8 Å². The van der Waals surface area contributed by atoms with E-state index in [4.69, 9.17) is 4.74 Å². The van der Waals surface area contributed by atoms with Gasteiger partial charge in [0, 0.05) is 0 Å². The van der Waals surface area contributed by atoms with Gasteiger partial charge in [0.15, 0.2) is 0 Å². The SMILES string of the molecule is CCC(CC)Oc1ccc(F)nc1. The maximum Gasteiger partial charge on any atom is 0.213 e. The summed E-state index contributed by atoms with van der Waals surface area (Å²) in [5.74, 6) is 0.159. The van der Waals surface area contributed by atoms with Crippen LogP contribution in [0.3, 0.4) is 0 Å². The predicted molar refractivity (Wildman–Crippen MR) is 49.2 cm³/mol. The molecule has 13 heavy (non-hydrogen) atoms. The van der Waals surface area contributed by atoms with Crippen LogP contribution in [0.2, 0.25) is 0 Å². The van der Waals surface area contributed by atoms with Crippen molar-refractivity contribution in [1.29, 1.82) is 0 Å². The van der Waals surface area contributed by atoms with Crippen LogP contribution in [-0.4, -0.2) is 11.1 Å². The van der Waals surface area contributed by atoms with Crippen LogP contribution in [0.5, 0.6) is 5.75 Å². The standard InChI is InChI=1S/C10H14FNO/c1-3-8(4-2)13-9-5-6-10(11)12-7-9/h5-8H,3-4H2,1-2H3. The summed E-state index contributed by atoms with van der Waals surface area (Å²) in [6.07, 6.45) is 3.52. The lowest BCUT2D eigenvalue weighted by Crippen LogP contribution is -2.13. The van der Waals surface area contributed by atoms with Gasteiger partial charge in [-0.2, -0.15) is 4.39 Å². The first-order valence-electron chi connectivity index (χ1n) is 4.54. The molecule has 0 N–H and O–H groups in total. The molecule has 0 aromatic carbocycles. The molecule has 0 saturated carbocycles. The van der Waals surface area contributed by atoms with Crippen molar-refractivity contribution in [3.8, 4) is 5.75 Å². The van der Waals surface area contributed by atoms with Crippen molar-refractivity contribution in [2.45, 2.75) is 32.8 Å². The largest absolute Gasteiger partial charge is 0.489 e. The quantitative estimate of drug-likeness (QED) is 0.669. The summed E-state index contributed by atoms with van der Waals surface area (Å²) in [5, 5.41) is 0. The fourth-order valence-corrected chi connectivity index (χ4v) is 1.08. The normalized spacial score (nSPS) is 10.5. The minimum absolute atomic E-state index is 0.201. The van der Waals surface area contributed by atoms with Gasteiger partial charge in [0.05, 0.1) is 12.3 Å². The van der Waals surface area contributed by atoms with E-state index in [1.54, 1.807) is 6.07 Å². The Kier molecular flexibility index (Phi) is 3.68. The Morgan fingerprint density at radius 1 is 1.38 bits per heavy atom. The topological polar surface area (TPSA) is 22.1 Å². The first kappa shape index (κ1) is 9.96. The minimum atomic E-state index is -0.475. The van der Waals surface area contributed by atoms with Gasteiger partial charge >= 0.3 is 0 Å². The minimum Gasteiger partial charge on any atom is -0.489 e. The molecule has 72 valence electrons. The molecule has 0 amide bonds. The van der Waals surface area contributed by atoms with Crippen LogP contribution in [0, 0.1) is 5.95 Å². The average Bonchev–Trinajstić information content (AvgIpc) is 2.17. The molecule has 1 aromatic heterocycles. The molecule has 2 nitrogen and oxygen atoms in total. The van der Waals surface area contributed by atoms with Gasteiger partial charge in [-0.15, -0.1) is 0 Å². The Balaban J connectivity index is 2.58. The molecule has 3 heteroatoms. The van der Waals surface area contributed by atoms with Crippen LogP contribution < -0.4 is 4.74 Å². The van der Waals surface area contributed by atoms with E-state index in [1.807, 2.05) is 0 Å². The third kappa shape index (κ3) is 3.01. The predicted octanol–water partition coefficient (Wildman–Crippen LogP) is 2.79. The molecule has 1 aromatic rings. The molecule has 0 aliphatic carbocycles. The lowest BCUT2D eigenvalue weighted by atomic mass is 10.2. The molecule has 0 saturated heterocycles. The Bertz CT molecular complexity index is 244. The second kappa shape index (κ2) is 4.80. The van der Waals surface area contributed by atoms with Crippen molar-refractivity contribution in [3.05, 3.63) is 24.3 Å². The van der Waals surface area contributed by atoms with Crippen molar-refractivity contribution in [2.75, 3.05) is 0 Å². The number of aromatic nitrogens is 1. The highest BCUT2D eigenvalue weighted by atomic mass is 19.1. The van der Waals surface area contributed by atoms with Crippen molar-refractivity contribution in [3.63, 3.8) is 0 Å². The second-order valence-corrected chi connectivity index (χ2v) is 2.87. The fourth-order valence-electron chi connectivity index (χ4n) is 1.08. The van der Waals surface area contributed by atoms with E-state index < -0.39 is 5.95 Å². The van der Waals surface area contributed by atoms with Gasteiger partial charge in [0.25, 0.3) is 0 Å². The van der Waals surface area contributed by atoms with Crippen LogP contribution in [0.4, 0.5) is 4.39 Å². The van der Waals surface area contributed by atoms with Crippen LogP contribution in [0.15, 0.2) is 18.3 Å². The molecular weight excluding hydrogens is 169 g/mol. The van der Waals surface area contributed by atoms with Gasteiger partial charge in [-0.1, -0.05) is 13.8 Å². The summed E-state index contributed by atoms with van der Waals surface area (Å²) in [6.45, 7) is 4.12. The highest BCUT2D eigenvalue weighted by Crippen LogP contribution is 2.13. The average molecular weight is 183 g/mol. The van der Waals surface area contributed by atoms with Crippen molar-refractivity contribution in [1.82, 2.24) is 4.98 Å². The number of nitrogens with zero attached hydrogens (tertiary/aromatic N) is 1. The lowest BCUT2D eigenvalue weighted by molar-refractivity contribution is 0.192. The molecule has 0 aliphatic heterocycles. The zero-order valence-electron chi connectivity index (χ0n) is 7.96. The lowest BCUT2D eigenvalue weighted by Gasteiger charge is -2.14. The molecule has 0 aliphatic rings. The van der Waals surface area contributed by atoms with E-state index in [9.17, 15) is 4.39 Å². The van der Waals surface area contributed by atoms with E-state index in [2.05, 4.69) is 18.8 Å². The smallest absolute Gasteiger partial charge is 0.213 e. The number of hydrogen-bond acceptors (Lipinski definition) is 2. The van der Waals surface area contributed by atoms with Gasteiger partial charge in [-0.3, -0.25) is 0 Å². The van der Waals surface area contributed by atoms with Crippen LogP contribution in [-0.2, 0) is 0 Å². The monoisotopic (exact) mass is 183 g/mol. The van der Waals surface area contributed by atoms with E-state index in [1.165, 1.54) is 12.3 Å². The number of pyridine rings is 1. The van der Waals surface area contributed by atoms with Gasteiger partial charge in [0.2, 0.25) is 5.95 Å². The molecular formula is C10H14FNO. The fraction of sp³-hybridized carbons (Fsp3) is 0.500. The first-order valence-corrected chi connectivity index (χ1v) is 4.54. The van der Waals surface area contributed by atoms with E-state index in [-0.39, 0.29) is 6.10 Å². The first-order chi connectivity index (χ1) is 6.26. The van der Waals surface area contributed by atoms with Crippen LogP contribution in [0.1, 0.15) is 26.7 Å². The zero-order valence-corrected chi connectivity index (χ0v) is 7.96. The highest BCUT2D eigenvalue weighted by molar-refractivity contribution is 5.16. The zero-order chi connectivity index (χ0) is 9.68. The third-order valence-electron chi connectivity index (χ3n) is 1.91. The molecule has 0 atom stereocenters. The third-order valence-corrected chi connectivity index (χ3v) is 1.91. The molecule has 0 bridgehead atoms. The second-order valence-electron chi connectivity index (χ2n) is 2.87. The van der Waals surface area contributed by atoms with Crippen LogP contribution in [0.25, 0.3) is 0 Å². The van der Waals surface area contributed by atoms with Crippen molar-refractivity contribution in [2.24, 2.45) is 0 Å². The number of rotatable bonds is 4. The van der Waals surface area contributed by atoms with Crippen molar-refractivity contribution >= 4 is 0 Å². The van der Waals surface area contributed by atoms with Gasteiger partial charge < -0.3 is 4.74 Å². The molecule has 1 heterocycles. The Morgan fingerprint density at radius 3 is 2.54 bits per heavy atom. The van der Waals surface area contributed by atoms with Crippen LogP contribution >= 0.6 is 0 Å². The summed E-state index contributed by atoms with van der Waals surface area (Å²) >= 11 is 0. The van der Waals surface area contributed by atoms with E-state index >= 15 is 0 Å². The molecule has 0 radical (unpaired) electrons. The maximum atomic E-state index is 12.4. The van der Waals surface area contributed by atoms with Gasteiger partial charge in [-0.05, 0) is 25.0 Å². The molecule has 0 fully saturated rings. The maximum absolute atomic E-state index is 12.4. The Labute approximate surface area is 77.8 Å². The molecule has 1 rings (SSSR count). The van der Waals surface area contributed by atoms with Gasteiger partial charge in [-0.25, -0.2) is 4.98 Å². The summed E-state index contributed by atoms with van der Waals surface area (Å²) in [7, 11) is 0. The van der Waals surface area contributed by atoms with Gasteiger partial charge in [0.1, 0.15) is 5.75 Å². The summed E-state index contributed by atoms with van der Waals surface area (Å²) < 4.78 is 18.0. The Morgan fingerprint density at radius 2 is 2.08 bits per heavy atom. The van der Waals surface area contributed by atoms with E-state index in [0.29, 0.717) is 5.75 Å². The number of hydrogen-bond donors (Lipinski definition) is 0. The Hall–Kier alpha value is -1.12. The molecule has 0 unspecified atom stereocenters. The summed E-state index contributed by atoms with van der Waals surface area (Å²) in [6, 6.07) is 2.90. The summed E-state index contributed by atoms with van der Waals surface area (Å²) in [5.41, 5.74) is 0. The highest BCUT2D eigenvalue weighted by Gasteiger charge is 2.04. The number of ether oxygens (including phenoxy) is 1.